The first-order valence-electron chi connectivity index (χ1n) is 6.81. The summed E-state index contributed by atoms with van der Waals surface area (Å²) in [4.78, 5) is 4.12. The first-order valence-corrected chi connectivity index (χ1v) is 10.5. The standard InChI is InChI=1S/C14H20FN3O2Si/c1-21(2,3)7-6-20-10-18-9-16-14(17-18)11-4-5-13(19)12(15)8-11/h4-5,8-9,19H,6-7,10H2,1-3H3. The third-order valence-corrected chi connectivity index (χ3v) is 4.67. The minimum Gasteiger partial charge on any atom is -0.505 e. The fraction of sp³-hybridized carbons (Fsp3) is 0.429. The average molecular weight is 309 g/mol. The van der Waals surface area contributed by atoms with E-state index < -0.39 is 13.9 Å². The van der Waals surface area contributed by atoms with Gasteiger partial charge in [0.05, 0.1) is 0 Å². The van der Waals surface area contributed by atoms with Crippen LogP contribution in [0.5, 0.6) is 5.75 Å². The Kier molecular flexibility index (Phi) is 4.74. The number of phenolic OH excluding ortho intramolecular Hbond substituents is 1. The maximum absolute atomic E-state index is 13.3. The van der Waals surface area contributed by atoms with Gasteiger partial charge in [0.2, 0.25) is 0 Å². The number of nitrogens with zero attached hydrogens (tertiary/aromatic N) is 3. The number of hydrogen-bond acceptors (Lipinski definition) is 4. The Morgan fingerprint density at radius 1 is 1.33 bits per heavy atom. The van der Waals surface area contributed by atoms with Crippen LogP contribution in [-0.4, -0.2) is 34.6 Å². The molecule has 2 rings (SSSR count). The average Bonchev–Trinajstić information content (AvgIpc) is 2.86. The first-order chi connectivity index (χ1) is 9.85. The molecule has 0 spiro atoms. The van der Waals surface area contributed by atoms with Gasteiger partial charge >= 0.3 is 0 Å². The van der Waals surface area contributed by atoms with Gasteiger partial charge in [-0.05, 0) is 24.2 Å². The molecular weight excluding hydrogens is 289 g/mol. The molecule has 7 heteroatoms. The largest absolute Gasteiger partial charge is 0.505 e. The lowest BCUT2D eigenvalue weighted by Gasteiger charge is -2.15. The molecule has 1 N–H and O–H groups in total. The molecule has 0 radical (unpaired) electrons. The lowest BCUT2D eigenvalue weighted by atomic mass is 10.2. The molecule has 1 heterocycles. The highest BCUT2D eigenvalue weighted by atomic mass is 28.3. The van der Waals surface area contributed by atoms with Crippen molar-refractivity contribution in [2.24, 2.45) is 0 Å². The fourth-order valence-corrected chi connectivity index (χ4v) is 2.43. The molecule has 0 bridgehead atoms. The van der Waals surface area contributed by atoms with Crippen molar-refractivity contribution < 1.29 is 14.2 Å². The summed E-state index contributed by atoms with van der Waals surface area (Å²) in [5.74, 6) is -0.661. The summed E-state index contributed by atoms with van der Waals surface area (Å²) in [6.45, 7) is 7.92. The molecule has 114 valence electrons. The Morgan fingerprint density at radius 2 is 2.10 bits per heavy atom. The van der Waals surface area contributed by atoms with Gasteiger partial charge in [-0.25, -0.2) is 14.1 Å². The summed E-state index contributed by atoms with van der Waals surface area (Å²) >= 11 is 0. The molecule has 0 aliphatic heterocycles. The maximum Gasteiger partial charge on any atom is 0.181 e. The van der Waals surface area contributed by atoms with Crippen LogP contribution in [0.1, 0.15) is 0 Å². The molecule has 0 fully saturated rings. The molecule has 0 aliphatic rings. The van der Waals surface area contributed by atoms with Gasteiger partial charge in [-0.3, -0.25) is 0 Å². The van der Waals surface area contributed by atoms with Crippen LogP contribution in [0.25, 0.3) is 11.4 Å². The lowest BCUT2D eigenvalue weighted by Crippen LogP contribution is -2.22. The van der Waals surface area contributed by atoms with Gasteiger partial charge in [0.25, 0.3) is 0 Å². The van der Waals surface area contributed by atoms with E-state index in [-0.39, 0.29) is 5.75 Å². The van der Waals surface area contributed by atoms with Crippen molar-refractivity contribution in [2.75, 3.05) is 6.61 Å². The van der Waals surface area contributed by atoms with Gasteiger partial charge in [-0.15, -0.1) is 5.10 Å². The van der Waals surface area contributed by atoms with E-state index in [1.54, 1.807) is 17.1 Å². The van der Waals surface area contributed by atoms with Crippen molar-refractivity contribution in [3.8, 4) is 17.1 Å². The van der Waals surface area contributed by atoms with E-state index in [1.165, 1.54) is 12.1 Å². The normalized spacial score (nSPS) is 11.8. The molecule has 0 unspecified atom stereocenters. The summed E-state index contributed by atoms with van der Waals surface area (Å²) in [6.07, 6.45) is 1.55. The van der Waals surface area contributed by atoms with Gasteiger partial charge in [-0.1, -0.05) is 19.6 Å². The number of hydrogen-bond donors (Lipinski definition) is 1. The number of rotatable bonds is 6. The Morgan fingerprint density at radius 3 is 2.76 bits per heavy atom. The minimum absolute atomic E-state index is 0.331. The van der Waals surface area contributed by atoms with Gasteiger partial charge in [0.1, 0.15) is 13.1 Å². The summed E-state index contributed by atoms with van der Waals surface area (Å²) in [6, 6.07) is 5.17. The smallest absolute Gasteiger partial charge is 0.181 e. The molecule has 0 atom stereocenters. The van der Waals surface area contributed by atoms with Crippen LogP contribution in [0.2, 0.25) is 25.7 Å². The van der Waals surface area contributed by atoms with Crippen molar-refractivity contribution >= 4 is 8.07 Å². The Labute approximate surface area is 124 Å². The molecule has 0 amide bonds. The molecule has 21 heavy (non-hydrogen) atoms. The summed E-state index contributed by atoms with van der Waals surface area (Å²) < 4.78 is 20.4. The molecule has 0 saturated carbocycles. The van der Waals surface area contributed by atoms with Gasteiger partial charge in [0, 0.05) is 20.2 Å². The maximum atomic E-state index is 13.3. The summed E-state index contributed by atoms with van der Waals surface area (Å²) in [7, 11) is -1.09. The van der Waals surface area contributed by atoms with Crippen molar-refractivity contribution in [3.05, 3.63) is 30.3 Å². The number of ether oxygens (including phenoxy) is 1. The predicted molar refractivity (Wildman–Crippen MR) is 81.2 cm³/mol. The van der Waals surface area contributed by atoms with Crippen LogP contribution in [-0.2, 0) is 11.5 Å². The predicted octanol–water partition coefficient (Wildman–Crippen LogP) is 3.10. The van der Waals surface area contributed by atoms with E-state index in [2.05, 4.69) is 29.7 Å². The second kappa shape index (κ2) is 6.36. The first kappa shape index (κ1) is 15.7. The van der Waals surface area contributed by atoms with Crippen LogP contribution < -0.4 is 0 Å². The Hall–Kier alpha value is -1.73. The Bertz CT molecular complexity index is 611. The molecule has 0 saturated heterocycles. The summed E-state index contributed by atoms with van der Waals surface area (Å²) in [5, 5.41) is 13.4. The van der Waals surface area contributed by atoms with Crippen molar-refractivity contribution in [1.29, 1.82) is 0 Å². The highest BCUT2D eigenvalue weighted by molar-refractivity contribution is 6.76. The molecule has 1 aromatic carbocycles. The van der Waals surface area contributed by atoms with Crippen LogP contribution >= 0.6 is 0 Å². The number of phenols is 1. The van der Waals surface area contributed by atoms with Crippen molar-refractivity contribution in [2.45, 2.75) is 32.4 Å². The summed E-state index contributed by atoms with van der Waals surface area (Å²) in [5.41, 5.74) is 0.520. The van der Waals surface area contributed by atoms with Gasteiger partial charge in [-0.2, -0.15) is 0 Å². The number of halogens is 1. The van der Waals surface area contributed by atoms with E-state index in [0.29, 0.717) is 24.7 Å². The van der Waals surface area contributed by atoms with E-state index in [9.17, 15) is 4.39 Å². The van der Waals surface area contributed by atoms with E-state index in [4.69, 9.17) is 9.84 Å². The van der Waals surface area contributed by atoms with E-state index in [1.807, 2.05) is 0 Å². The molecule has 2 aromatic rings. The van der Waals surface area contributed by atoms with Crippen LogP contribution in [0.4, 0.5) is 4.39 Å². The zero-order valence-electron chi connectivity index (χ0n) is 12.5. The quantitative estimate of drug-likeness (QED) is 0.658. The van der Waals surface area contributed by atoms with Crippen LogP contribution in [0.15, 0.2) is 24.5 Å². The third kappa shape index (κ3) is 4.64. The molecular formula is C14H20FN3O2Si. The number of aromatic nitrogens is 3. The fourth-order valence-electron chi connectivity index (χ4n) is 1.67. The Balaban J connectivity index is 1.93. The van der Waals surface area contributed by atoms with Crippen molar-refractivity contribution in [3.63, 3.8) is 0 Å². The highest BCUT2D eigenvalue weighted by Gasteiger charge is 2.12. The van der Waals surface area contributed by atoms with Crippen LogP contribution in [0.3, 0.4) is 0 Å². The second-order valence-corrected chi connectivity index (χ2v) is 11.7. The van der Waals surface area contributed by atoms with E-state index in [0.717, 1.165) is 6.04 Å². The van der Waals surface area contributed by atoms with Gasteiger partial charge < -0.3 is 9.84 Å². The zero-order valence-corrected chi connectivity index (χ0v) is 13.5. The van der Waals surface area contributed by atoms with E-state index >= 15 is 0 Å². The highest BCUT2D eigenvalue weighted by Crippen LogP contribution is 2.22. The molecule has 0 aliphatic carbocycles. The lowest BCUT2D eigenvalue weighted by molar-refractivity contribution is 0.0785. The monoisotopic (exact) mass is 309 g/mol. The molecule has 1 aromatic heterocycles. The van der Waals surface area contributed by atoms with Crippen LogP contribution in [0, 0.1) is 5.82 Å². The SMILES string of the molecule is C[Si](C)(C)CCOCn1cnc(-c2ccc(O)c(F)c2)n1. The minimum atomic E-state index is -1.09. The molecule has 5 nitrogen and oxygen atoms in total. The van der Waals surface area contributed by atoms with Crippen molar-refractivity contribution in [1.82, 2.24) is 14.8 Å². The third-order valence-electron chi connectivity index (χ3n) is 2.96. The number of benzene rings is 1. The second-order valence-electron chi connectivity index (χ2n) is 6.12. The topological polar surface area (TPSA) is 60.2 Å². The zero-order chi connectivity index (χ0) is 15.5. The number of aromatic hydroxyl groups is 1. The van der Waals surface area contributed by atoms with Gasteiger partial charge in [0.15, 0.2) is 17.4 Å².